The Kier molecular flexibility index (Phi) is 4.57. The molecular weight excluding hydrogens is 232 g/mol. The van der Waals surface area contributed by atoms with E-state index in [1.807, 2.05) is 18.4 Å². The third-order valence-corrected chi connectivity index (χ3v) is 4.31. The van der Waals surface area contributed by atoms with Crippen molar-refractivity contribution in [2.45, 2.75) is 44.7 Å². The first-order valence-corrected chi connectivity index (χ1v) is 7.20. The average molecular weight is 252 g/mol. The fourth-order valence-corrected chi connectivity index (χ4v) is 3.00. The molecule has 0 unspecified atom stereocenters. The molecular formula is C13H20N2OS. The van der Waals surface area contributed by atoms with Gasteiger partial charge in [-0.1, -0.05) is 18.9 Å². The van der Waals surface area contributed by atoms with Crippen molar-refractivity contribution in [1.29, 1.82) is 0 Å². The minimum absolute atomic E-state index is 0.0952. The molecule has 1 atom stereocenters. The van der Waals surface area contributed by atoms with E-state index in [9.17, 15) is 4.79 Å². The fraction of sp³-hybridized carbons (Fsp3) is 0.615. The Morgan fingerprint density at radius 1 is 1.53 bits per heavy atom. The number of carbonyl (C=O) groups is 1. The van der Waals surface area contributed by atoms with Crippen LogP contribution in [0.4, 0.5) is 0 Å². The molecule has 1 aromatic rings. The predicted molar refractivity (Wildman–Crippen MR) is 71.1 cm³/mol. The Bertz CT molecular complexity index is 344. The van der Waals surface area contributed by atoms with Crippen LogP contribution in [0.1, 0.15) is 43.5 Å². The Morgan fingerprint density at radius 2 is 2.29 bits per heavy atom. The molecule has 0 saturated heterocycles. The standard InChI is InChI=1S/C13H20N2OS/c1-10(12-7-4-8-17-12)15-13(16)9-14-11-5-2-3-6-11/h4,7-8,10-11,14H,2-3,5-6,9H2,1H3,(H,15,16)/t10-/m1/s1. The highest BCUT2D eigenvalue weighted by Crippen LogP contribution is 2.18. The van der Waals surface area contributed by atoms with Gasteiger partial charge in [-0.3, -0.25) is 4.79 Å². The topological polar surface area (TPSA) is 41.1 Å². The van der Waals surface area contributed by atoms with Gasteiger partial charge in [0.1, 0.15) is 0 Å². The van der Waals surface area contributed by atoms with Gasteiger partial charge in [-0.2, -0.15) is 0 Å². The lowest BCUT2D eigenvalue weighted by molar-refractivity contribution is -0.121. The van der Waals surface area contributed by atoms with Crippen molar-refractivity contribution in [3.8, 4) is 0 Å². The number of rotatable bonds is 5. The van der Waals surface area contributed by atoms with Crippen LogP contribution < -0.4 is 10.6 Å². The number of thiophene rings is 1. The lowest BCUT2D eigenvalue weighted by Crippen LogP contribution is -2.38. The highest BCUT2D eigenvalue weighted by atomic mass is 32.1. The summed E-state index contributed by atoms with van der Waals surface area (Å²) in [4.78, 5) is 12.9. The zero-order valence-corrected chi connectivity index (χ0v) is 11.1. The van der Waals surface area contributed by atoms with Gasteiger partial charge >= 0.3 is 0 Å². The maximum Gasteiger partial charge on any atom is 0.234 e. The van der Waals surface area contributed by atoms with E-state index in [0.717, 1.165) is 0 Å². The summed E-state index contributed by atoms with van der Waals surface area (Å²) in [5.41, 5.74) is 0. The van der Waals surface area contributed by atoms with Crippen LogP contribution >= 0.6 is 11.3 Å². The van der Waals surface area contributed by atoms with E-state index in [2.05, 4.69) is 16.7 Å². The Hall–Kier alpha value is -0.870. The fourth-order valence-electron chi connectivity index (χ4n) is 2.27. The molecule has 0 aromatic carbocycles. The Balaban J connectivity index is 1.69. The van der Waals surface area contributed by atoms with Gasteiger partial charge in [-0.15, -0.1) is 11.3 Å². The molecule has 1 aliphatic carbocycles. The van der Waals surface area contributed by atoms with Gasteiger partial charge in [-0.05, 0) is 31.2 Å². The summed E-state index contributed by atoms with van der Waals surface area (Å²) in [6, 6.07) is 4.74. The third-order valence-electron chi connectivity index (χ3n) is 3.25. The molecule has 1 aliphatic rings. The van der Waals surface area contributed by atoms with Crippen molar-refractivity contribution < 1.29 is 4.79 Å². The summed E-state index contributed by atoms with van der Waals surface area (Å²) in [6.07, 6.45) is 5.03. The number of hydrogen-bond acceptors (Lipinski definition) is 3. The summed E-state index contributed by atoms with van der Waals surface area (Å²) in [6.45, 7) is 2.47. The van der Waals surface area contributed by atoms with E-state index in [0.29, 0.717) is 12.6 Å². The van der Waals surface area contributed by atoms with Crippen LogP contribution in [0.5, 0.6) is 0 Å². The molecule has 2 N–H and O–H groups in total. The summed E-state index contributed by atoms with van der Waals surface area (Å²) in [5, 5.41) is 8.38. The largest absolute Gasteiger partial charge is 0.348 e. The monoisotopic (exact) mass is 252 g/mol. The van der Waals surface area contributed by atoms with Crippen LogP contribution in [-0.2, 0) is 4.79 Å². The van der Waals surface area contributed by atoms with Crippen molar-refractivity contribution >= 4 is 17.2 Å². The summed E-state index contributed by atoms with van der Waals surface area (Å²) < 4.78 is 0. The molecule has 0 aliphatic heterocycles. The minimum atomic E-state index is 0.0952. The van der Waals surface area contributed by atoms with E-state index in [1.54, 1.807) is 11.3 Å². The van der Waals surface area contributed by atoms with Crippen LogP contribution in [0.2, 0.25) is 0 Å². The molecule has 3 nitrogen and oxygen atoms in total. The summed E-state index contributed by atoms with van der Waals surface area (Å²) in [7, 11) is 0. The zero-order chi connectivity index (χ0) is 12.1. The molecule has 1 aromatic heterocycles. The normalized spacial score (nSPS) is 18.2. The molecule has 17 heavy (non-hydrogen) atoms. The van der Waals surface area contributed by atoms with Gasteiger partial charge in [-0.25, -0.2) is 0 Å². The summed E-state index contributed by atoms with van der Waals surface area (Å²) >= 11 is 1.68. The van der Waals surface area contributed by atoms with Gasteiger partial charge < -0.3 is 10.6 Å². The van der Waals surface area contributed by atoms with Gasteiger partial charge in [0.2, 0.25) is 5.91 Å². The van der Waals surface area contributed by atoms with Crippen LogP contribution in [-0.4, -0.2) is 18.5 Å². The van der Waals surface area contributed by atoms with Gasteiger partial charge in [0.15, 0.2) is 0 Å². The third kappa shape index (κ3) is 3.82. The lowest BCUT2D eigenvalue weighted by Gasteiger charge is -2.15. The minimum Gasteiger partial charge on any atom is -0.348 e. The molecule has 2 rings (SSSR count). The van der Waals surface area contributed by atoms with Crippen LogP contribution in [0.3, 0.4) is 0 Å². The number of hydrogen-bond donors (Lipinski definition) is 2. The van der Waals surface area contributed by atoms with Crippen LogP contribution in [0.25, 0.3) is 0 Å². The first kappa shape index (κ1) is 12.6. The van der Waals surface area contributed by atoms with Crippen LogP contribution in [0.15, 0.2) is 17.5 Å². The molecule has 1 heterocycles. The van der Waals surface area contributed by atoms with Crippen molar-refractivity contribution in [3.05, 3.63) is 22.4 Å². The predicted octanol–water partition coefficient (Wildman–Crippen LogP) is 2.46. The van der Waals surface area contributed by atoms with Gasteiger partial charge in [0.25, 0.3) is 0 Å². The molecule has 0 spiro atoms. The maximum absolute atomic E-state index is 11.7. The molecule has 1 saturated carbocycles. The highest BCUT2D eigenvalue weighted by molar-refractivity contribution is 7.10. The van der Waals surface area contributed by atoms with Crippen molar-refractivity contribution in [3.63, 3.8) is 0 Å². The first-order valence-electron chi connectivity index (χ1n) is 6.32. The smallest absolute Gasteiger partial charge is 0.234 e. The van der Waals surface area contributed by atoms with Gasteiger partial charge in [0.05, 0.1) is 12.6 Å². The SMILES string of the molecule is C[C@@H](NC(=O)CNC1CCCC1)c1cccs1. The molecule has 0 bridgehead atoms. The number of carbonyl (C=O) groups excluding carboxylic acids is 1. The van der Waals surface area contributed by atoms with Gasteiger partial charge in [0, 0.05) is 10.9 Å². The van der Waals surface area contributed by atoms with E-state index in [-0.39, 0.29) is 11.9 Å². The summed E-state index contributed by atoms with van der Waals surface area (Å²) in [5.74, 6) is 0.0952. The van der Waals surface area contributed by atoms with E-state index >= 15 is 0 Å². The molecule has 1 fully saturated rings. The molecule has 94 valence electrons. The van der Waals surface area contributed by atoms with Crippen molar-refractivity contribution in [2.75, 3.05) is 6.54 Å². The Labute approximate surface area is 107 Å². The second kappa shape index (κ2) is 6.17. The maximum atomic E-state index is 11.7. The molecule has 0 radical (unpaired) electrons. The highest BCUT2D eigenvalue weighted by Gasteiger charge is 2.16. The zero-order valence-electron chi connectivity index (χ0n) is 10.2. The average Bonchev–Trinajstić information content (AvgIpc) is 2.99. The molecule has 4 heteroatoms. The lowest BCUT2D eigenvalue weighted by atomic mass is 10.2. The second-order valence-corrected chi connectivity index (χ2v) is 5.65. The number of amides is 1. The number of nitrogens with one attached hydrogen (secondary N) is 2. The second-order valence-electron chi connectivity index (χ2n) is 4.67. The van der Waals surface area contributed by atoms with Crippen molar-refractivity contribution in [2.24, 2.45) is 0 Å². The van der Waals surface area contributed by atoms with E-state index < -0.39 is 0 Å². The Morgan fingerprint density at radius 3 is 2.94 bits per heavy atom. The molecule has 1 amide bonds. The van der Waals surface area contributed by atoms with E-state index in [4.69, 9.17) is 0 Å². The van der Waals surface area contributed by atoms with E-state index in [1.165, 1.54) is 30.6 Å². The first-order chi connectivity index (χ1) is 8.25. The van der Waals surface area contributed by atoms with Crippen molar-refractivity contribution in [1.82, 2.24) is 10.6 Å². The quantitative estimate of drug-likeness (QED) is 0.845. The van der Waals surface area contributed by atoms with Crippen LogP contribution in [0, 0.1) is 0 Å².